The summed E-state index contributed by atoms with van der Waals surface area (Å²) in [4.78, 5) is 12.9. The highest BCUT2D eigenvalue weighted by molar-refractivity contribution is 7.92. The second kappa shape index (κ2) is 12.9. The molecule has 7 nitrogen and oxygen atoms in total. The molecule has 1 amide bonds. The van der Waals surface area contributed by atoms with Gasteiger partial charge in [0.05, 0.1) is 16.8 Å². The molecular formula is C33H28ClN3O4S. The maximum absolute atomic E-state index is 13.5. The van der Waals surface area contributed by atoms with E-state index >= 15 is 0 Å². The van der Waals surface area contributed by atoms with Crippen molar-refractivity contribution < 1.29 is 17.9 Å². The van der Waals surface area contributed by atoms with Gasteiger partial charge in [-0.15, -0.1) is 0 Å². The molecule has 0 aliphatic heterocycles. The standard InChI is InChI=1S/C33H28ClN3O4S/c1-24-6-18-32(19-7-24)42(39,40)37(30-14-12-29(34)13-15-30)22-33(38)36-35-21-25-9-16-31(17-10-25)41-23-26-8-11-27-4-2-3-5-28(27)20-26/h2-21H,22-23H2,1H3,(H,36,38)/b35-21+. The first-order chi connectivity index (χ1) is 20.3. The zero-order chi connectivity index (χ0) is 29.5. The first kappa shape index (κ1) is 28.9. The molecule has 0 aromatic heterocycles. The molecule has 0 saturated heterocycles. The number of nitrogens with zero attached hydrogens (tertiary/aromatic N) is 2. The minimum atomic E-state index is -4.03. The van der Waals surface area contributed by atoms with Gasteiger partial charge in [0, 0.05) is 5.02 Å². The van der Waals surface area contributed by atoms with Gasteiger partial charge in [0.25, 0.3) is 15.9 Å². The molecule has 0 aliphatic carbocycles. The molecule has 0 radical (unpaired) electrons. The molecule has 9 heteroatoms. The van der Waals surface area contributed by atoms with Crippen molar-refractivity contribution in [1.29, 1.82) is 0 Å². The average molecular weight is 598 g/mol. The van der Waals surface area contributed by atoms with E-state index in [1.165, 1.54) is 23.7 Å². The number of hydrogen-bond acceptors (Lipinski definition) is 5. The lowest BCUT2D eigenvalue weighted by molar-refractivity contribution is -0.119. The highest BCUT2D eigenvalue weighted by Crippen LogP contribution is 2.25. The van der Waals surface area contributed by atoms with Crippen LogP contribution in [0.5, 0.6) is 5.75 Å². The lowest BCUT2D eigenvalue weighted by atomic mass is 10.1. The molecule has 42 heavy (non-hydrogen) atoms. The van der Waals surface area contributed by atoms with E-state index in [9.17, 15) is 13.2 Å². The Hall–Kier alpha value is -4.66. The number of fused-ring (bicyclic) bond motifs is 1. The minimum absolute atomic E-state index is 0.0716. The number of halogens is 1. The van der Waals surface area contributed by atoms with Crippen LogP contribution in [-0.2, 0) is 21.4 Å². The summed E-state index contributed by atoms with van der Waals surface area (Å²) in [7, 11) is -4.03. The second-order valence-corrected chi connectivity index (χ2v) is 11.9. The number of anilines is 1. The van der Waals surface area contributed by atoms with Crippen molar-refractivity contribution in [3.8, 4) is 5.75 Å². The predicted molar refractivity (Wildman–Crippen MR) is 168 cm³/mol. The Kier molecular flexibility index (Phi) is 8.85. The van der Waals surface area contributed by atoms with Crippen LogP contribution < -0.4 is 14.5 Å². The van der Waals surface area contributed by atoms with Gasteiger partial charge in [-0.25, -0.2) is 13.8 Å². The first-order valence-corrected chi connectivity index (χ1v) is 15.0. The lowest BCUT2D eigenvalue weighted by Gasteiger charge is -2.23. The minimum Gasteiger partial charge on any atom is -0.489 e. The Morgan fingerprint density at radius 2 is 1.57 bits per heavy atom. The fraction of sp³-hybridized carbons (Fsp3) is 0.0909. The van der Waals surface area contributed by atoms with E-state index in [2.05, 4.69) is 34.8 Å². The second-order valence-electron chi connectivity index (χ2n) is 9.63. The molecule has 5 aromatic rings. The quantitative estimate of drug-likeness (QED) is 0.143. The summed E-state index contributed by atoms with van der Waals surface area (Å²) in [6.45, 7) is 1.83. The van der Waals surface area contributed by atoms with Gasteiger partial charge >= 0.3 is 0 Å². The van der Waals surface area contributed by atoms with Gasteiger partial charge in [-0.2, -0.15) is 5.10 Å². The van der Waals surface area contributed by atoms with Crippen LogP contribution in [0.25, 0.3) is 10.8 Å². The molecule has 0 aliphatic rings. The maximum Gasteiger partial charge on any atom is 0.264 e. The molecule has 5 rings (SSSR count). The first-order valence-electron chi connectivity index (χ1n) is 13.2. The zero-order valence-electron chi connectivity index (χ0n) is 22.8. The molecule has 0 atom stereocenters. The van der Waals surface area contributed by atoms with E-state index in [0.717, 1.165) is 26.4 Å². The van der Waals surface area contributed by atoms with Crippen molar-refractivity contribution >= 4 is 50.2 Å². The van der Waals surface area contributed by atoms with E-state index in [1.807, 2.05) is 49.4 Å². The lowest BCUT2D eigenvalue weighted by Crippen LogP contribution is -2.39. The van der Waals surface area contributed by atoms with Gasteiger partial charge in [-0.05, 0) is 95.6 Å². The highest BCUT2D eigenvalue weighted by atomic mass is 35.5. The Morgan fingerprint density at radius 3 is 2.29 bits per heavy atom. The molecular weight excluding hydrogens is 570 g/mol. The molecule has 212 valence electrons. The maximum atomic E-state index is 13.5. The largest absolute Gasteiger partial charge is 0.489 e. The molecule has 0 spiro atoms. The Balaban J connectivity index is 1.21. The zero-order valence-corrected chi connectivity index (χ0v) is 24.3. The van der Waals surface area contributed by atoms with Crippen LogP contribution in [0.2, 0.25) is 5.02 Å². The number of carbonyl (C=O) groups excluding carboxylic acids is 1. The highest BCUT2D eigenvalue weighted by Gasteiger charge is 2.27. The molecule has 0 fully saturated rings. The van der Waals surface area contributed by atoms with E-state index in [0.29, 0.717) is 23.1 Å². The smallest absolute Gasteiger partial charge is 0.264 e. The molecule has 0 heterocycles. The molecule has 1 N–H and O–H groups in total. The van der Waals surface area contributed by atoms with Crippen molar-refractivity contribution in [2.24, 2.45) is 5.10 Å². The number of ether oxygens (including phenoxy) is 1. The van der Waals surface area contributed by atoms with Crippen LogP contribution in [-0.4, -0.2) is 27.1 Å². The third-order valence-corrected chi connectivity index (χ3v) is 8.55. The number of aryl methyl sites for hydroxylation is 1. The van der Waals surface area contributed by atoms with E-state index in [4.69, 9.17) is 16.3 Å². The Labute approximate surface area is 250 Å². The van der Waals surface area contributed by atoms with E-state index < -0.39 is 22.5 Å². The summed E-state index contributed by atoms with van der Waals surface area (Å²) in [5, 5.41) is 6.81. The average Bonchev–Trinajstić information content (AvgIpc) is 3.00. The summed E-state index contributed by atoms with van der Waals surface area (Å²) >= 11 is 6.00. The SMILES string of the molecule is Cc1ccc(S(=O)(=O)N(CC(=O)N/N=C/c2ccc(OCc3ccc4ccccc4c3)cc2)c2ccc(Cl)cc2)cc1. The van der Waals surface area contributed by atoms with Crippen molar-refractivity contribution in [2.45, 2.75) is 18.4 Å². The summed E-state index contributed by atoms with van der Waals surface area (Å²) < 4.78 is 33.9. The summed E-state index contributed by atoms with van der Waals surface area (Å²) in [6, 6.07) is 34.4. The number of hydrogen-bond donors (Lipinski definition) is 1. The van der Waals surface area contributed by atoms with E-state index in [1.54, 1.807) is 36.4 Å². The van der Waals surface area contributed by atoms with Crippen molar-refractivity contribution in [3.63, 3.8) is 0 Å². The number of nitrogens with one attached hydrogen (secondary N) is 1. The Bertz CT molecular complexity index is 1820. The monoisotopic (exact) mass is 597 g/mol. The third-order valence-electron chi connectivity index (χ3n) is 6.51. The van der Waals surface area contributed by atoms with Crippen molar-refractivity contribution in [1.82, 2.24) is 5.43 Å². The van der Waals surface area contributed by atoms with Crippen LogP contribution >= 0.6 is 11.6 Å². The molecule has 0 unspecified atom stereocenters. The molecule has 5 aromatic carbocycles. The predicted octanol–water partition coefficient (Wildman–Crippen LogP) is 6.73. The Morgan fingerprint density at radius 1 is 0.881 bits per heavy atom. The van der Waals surface area contributed by atoms with Crippen LogP contribution in [0.1, 0.15) is 16.7 Å². The van der Waals surface area contributed by atoms with Crippen molar-refractivity contribution in [3.05, 3.63) is 137 Å². The van der Waals surface area contributed by atoms with Crippen LogP contribution in [0.4, 0.5) is 5.69 Å². The third kappa shape index (κ3) is 7.15. The number of hydrazone groups is 1. The van der Waals surface area contributed by atoms with Gasteiger partial charge in [-0.1, -0.05) is 65.7 Å². The van der Waals surface area contributed by atoms with Gasteiger partial charge in [0.15, 0.2) is 0 Å². The number of rotatable bonds is 10. The fourth-order valence-corrected chi connectivity index (χ4v) is 5.80. The van der Waals surface area contributed by atoms with E-state index in [-0.39, 0.29) is 4.90 Å². The number of amides is 1. The normalized spacial score (nSPS) is 11.5. The molecule has 0 saturated carbocycles. The topological polar surface area (TPSA) is 88.1 Å². The van der Waals surface area contributed by atoms with Crippen LogP contribution in [0.15, 0.2) is 125 Å². The fourth-order valence-electron chi connectivity index (χ4n) is 4.25. The van der Waals surface area contributed by atoms with Crippen LogP contribution in [0.3, 0.4) is 0 Å². The molecule has 0 bridgehead atoms. The number of sulfonamides is 1. The van der Waals surface area contributed by atoms with Gasteiger partial charge in [0.2, 0.25) is 0 Å². The van der Waals surface area contributed by atoms with Gasteiger partial charge < -0.3 is 4.74 Å². The van der Waals surface area contributed by atoms with Gasteiger partial charge in [-0.3, -0.25) is 9.10 Å². The van der Waals surface area contributed by atoms with Gasteiger partial charge in [0.1, 0.15) is 18.9 Å². The van der Waals surface area contributed by atoms with Crippen LogP contribution in [0, 0.1) is 6.92 Å². The summed E-state index contributed by atoms with van der Waals surface area (Å²) in [6.07, 6.45) is 1.48. The summed E-state index contributed by atoms with van der Waals surface area (Å²) in [5.41, 5.74) is 5.44. The number of benzene rings is 5. The van der Waals surface area contributed by atoms with Crippen molar-refractivity contribution in [2.75, 3.05) is 10.8 Å². The summed E-state index contributed by atoms with van der Waals surface area (Å²) in [5.74, 6) is 0.0940. The number of carbonyl (C=O) groups is 1.